The zero-order valence-corrected chi connectivity index (χ0v) is 13.3. The molecular weight excluding hydrogens is 272 g/mol. The first kappa shape index (κ1) is 14.3. The van der Waals surface area contributed by atoms with E-state index >= 15 is 0 Å². The number of nitrogens with one attached hydrogen (secondary N) is 1. The Morgan fingerprint density at radius 2 is 1.77 bits per heavy atom. The van der Waals surface area contributed by atoms with Crippen LogP contribution in [0.25, 0.3) is 0 Å². The summed E-state index contributed by atoms with van der Waals surface area (Å²) in [6.07, 6.45) is 8.53. The second-order valence-electron chi connectivity index (χ2n) is 7.16. The molecular formula is C19H26N2O. The monoisotopic (exact) mass is 298 g/mol. The predicted molar refractivity (Wildman–Crippen MR) is 88.1 cm³/mol. The standard InChI is InChI=1S/C19H26N2O/c22-19(18-8-4-3-7-17(18)14-9-10-14)21(15-5-1-2-6-15)16-11-12-20-13-16/h3-4,7-8,14-16,20H,1-2,5-6,9-13H2. The van der Waals surface area contributed by atoms with Gasteiger partial charge in [0.05, 0.1) is 0 Å². The molecule has 3 aliphatic rings. The van der Waals surface area contributed by atoms with Crippen LogP contribution in [-0.2, 0) is 0 Å². The van der Waals surface area contributed by atoms with Crippen LogP contribution in [0.15, 0.2) is 24.3 Å². The molecule has 1 aliphatic heterocycles. The van der Waals surface area contributed by atoms with Crippen LogP contribution < -0.4 is 5.32 Å². The molecule has 1 saturated heterocycles. The number of carbonyl (C=O) groups is 1. The van der Waals surface area contributed by atoms with Gasteiger partial charge in [0.2, 0.25) is 0 Å². The largest absolute Gasteiger partial charge is 0.331 e. The van der Waals surface area contributed by atoms with Crippen LogP contribution >= 0.6 is 0 Å². The highest BCUT2D eigenvalue weighted by atomic mass is 16.2. The van der Waals surface area contributed by atoms with Gasteiger partial charge in [-0.1, -0.05) is 31.0 Å². The fourth-order valence-electron chi connectivity index (χ4n) is 4.27. The molecule has 2 saturated carbocycles. The summed E-state index contributed by atoms with van der Waals surface area (Å²) < 4.78 is 0. The summed E-state index contributed by atoms with van der Waals surface area (Å²) in [4.78, 5) is 15.6. The Morgan fingerprint density at radius 1 is 1.00 bits per heavy atom. The smallest absolute Gasteiger partial charge is 0.254 e. The fraction of sp³-hybridized carbons (Fsp3) is 0.632. The summed E-state index contributed by atoms with van der Waals surface area (Å²) in [6.45, 7) is 2.01. The second-order valence-corrected chi connectivity index (χ2v) is 7.16. The van der Waals surface area contributed by atoms with E-state index in [0.29, 0.717) is 23.9 Å². The molecule has 0 radical (unpaired) electrons. The van der Waals surface area contributed by atoms with E-state index in [-0.39, 0.29) is 0 Å². The van der Waals surface area contributed by atoms with Crippen molar-refractivity contribution in [2.24, 2.45) is 0 Å². The molecule has 4 rings (SSSR count). The van der Waals surface area contributed by atoms with Gasteiger partial charge in [-0.3, -0.25) is 4.79 Å². The van der Waals surface area contributed by atoms with E-state index in [1.165, 1.54) is 44.1 Å². The van der Waals surface area contributed by atoms with E-state index in [1.807, 2.05) is 6.07 Å². The Hall–Kier alpha value is -1.35. The van der Waals surface area contributed by atoms with Crippen molar-refractivity contribution in [2.45, 2.75) is 62.9 Å². The van der Waals surface area contributed by atoms with Gasteiger partial charge < -0.3 is 10.2 Å². The van der Waals surface area contributed by atoms with Gasteiger partial charge in [0, 0.05) is 24.2 Å². The molecule has 2 aliphatic carbocycles. The van der Waals surface area contributed by atoms with Crippen molar-refractivity contribution in [1.29, 1.82) is 0 Å². The summed E-state index contributed by atoms with van der Waals surface area (Å²) >= 11 is 0. The normalized spacial score (nSPS) is 25.5. The number of amides is 1. The number of hydrogen-bond donors (Lipinski definition) is 1. The van der Waals surface area contributed by atoms with E-state index in [1.54, 1.807) is 0 Å². The van der Waals surface area contributed by atoms with Crippen molar-refractivity contribution in [3.8, 4) is 0 Å². The molecule has 22 heavy (non-hydrogen) atoms. The van der Waals surface area contributed by atoms with E-state index in [0.717, 1.165) is 25.1 Å². The topological polar surface area (TPSA) is 32.3 Å². The number of carbonyl (C=O) groups excluding carboxylic acids is 1. The lowest BCUT2D eigenvalue weighted by atomic mass is 9.99. The average Bonchev–Trinajstić information content (AvgIpc) is 3.01. The molecule has 3 fully saturated rings. The van der Waals surface area contributed by atoms with Gasteiger partial charge in [-0.15, -0.1) is 0 Å². The number of nitrogens with zero attached hydrogens (tertiary/aromatic N) is 1. The lowest BCUT2D eigenvalue weighted by molar-refractivity contribution is 0.0594. The lowest BCUT2D eigenvalue weighted by Gasteiger charge is -2.35. The quantitative estimate of drug-likeness (QED) is 0.925. The van der Waals surface area contributed by atoms with Crippen molar-refractivity contribution < 1.29 is 4.79 Å². The minimum Gasteiger partial charge on any atom is -0.331 e. The van der Waals surface area contributed by atoms with Gasteiger partial charge in [-0.05, 0) is 56.2 Å². The molecule has 1 amide bonds. The van der Waals surface area contributed by atoms with E-state index in [2.05, 4.69) is 28.4 Å². The van der Waals surface area contributed by atoms with Crippen LogP contribution in [0.5, 0.6) is 0 Å². The SMILES string of the molecule is O=C(c1ccccc1C1CC1)N(C1CCCC1)C1CCNC1. The molecule has 1 heterocycles. The Labute approximate surface area is 133 Å². The molecule has 118 valence electrons. The first-order valence-corrected chi connectivity index (χ1v) is 8.97. The molecule has 0 aromatic heterocycles. The summed E-state index contributed by atoms with van der Waals surface area (Å²) in [5.41, 5.74) is 2.27. The van der Waals surface area contributed by atoms with E-state index in [4.69, 9.17) is 0 Å². The van der Waals surface area contributed by atoms with Gasteiger partial charge in [-0.25, -0.2) is 0 Å². The first-order chi connectivity index (χ1) is 10.8. The zero-order valence-electron chi connectivity index (χ0n) is 13.3. The van der Waals surface area contributed by atoms with Crippen LogP contribution in [-0.4, -0.2) is 36.0 Å². The number of hydrogen-bond acceptors (Lipinski definition) is 2. The van der Waals surface area contributed by atoms with Gasteiger partial charge in [0.15, 0.2) is 0 Å². The van der Waals surface area contributed by atoms with Gasteiger partial charge in [0.1, 0.15) is 0 Å². The van der Waals surface area contributed by atoms with E-state index < -0.39 is 0 Å². The highest BCUT2D eigenvalue weighted by Gasteiger charge is 2.36. The molecule has 1 N–H and O–H groups in total. The zero-order chi connectivity index (χ0) is 14.9. The van der Waals surface area contributed by atoms with Crippen LogP contribution in [0.2, 0.25) is 0 Å². The molecule has 3 heteroatoms. The van der Waals surface area contributed by atoms with E-state index in [9.17, 15) is 4.79 Å². The minimum atomic E-state index is 0.295. The molecule has 1 atom stereocenters. The van der Waals surface area contributed by atoms with Gasteiger partial charge >= 0.3 is 0 Å². The third-order valence-corrected chi connectivity index (χ3v) is 5.59. The molecule has 1 aromatic rings. The Kier molecular flexibility index (Phi) is 3.91. The average molecular weight is 298 g/mol. The van der Waals surface area contributed by atoms with Crippen molar-refractivity contribution >= 4 is 5.91 Å². The summed E-state index contributed by atoms with van der Waals surface area (Å²) in [7, 11) is 0. The maximum atomic E-state index is 13.4. The number of benzene rings is 1. The van der Waals surface area contributed by atoms with Gasteiger partial charge in [-0.2, -0.15) is 0 Å². The third kappa shape index (κ3) is 2.67. The van der Waals surface area contributed by atoms with Crippen molar-refractivity contribution in [1.82, 2.24) is 10.2 Å². The maximum Gasteiger partial charge on any atom is 0.254 e. The molecule has 1 unspecified atom stereocenters. The minimum absolute atomic E-state index is 0.295. The fourth-order valence-corrected chi connectivity index (χ4v) is 4.27. The van der Waals surface area contributed by atoms with Crippen molar-refractivity contribution in [3.05, 3.63) is 35.4 Å². The third-order valence-electron chi connectivity index (χ3n) is 5.59. The second kappa shape index (κ2) is 6.04. The van der Waals surface area contributed by atoms with Crippen LogP contribution in [0.3, 0.4) is 0 Å². The predicted octanol–water partition coefficient (Wildman–Crippen LogP) is 3.31. The maximum absolute atomic E-state index is 13.4. The van der Waals surface area contributed by atoms with Gasteiger partial charge in [0.25, 0.3) is 5.91 Å². The highest BCUT2D eigenvalue weighted by molar-refractivity contribution is 5.96. The summed E-state index contributed by atoms with van der Waals surface area (Å²) in [6, 6.07) is 9.19. The molecule has 1 aromatic carbocycles. The van der Waals surface area contributed by atoms with Crippen molar-refractivity contribution in [3.63, 3.8) is 0 Å². The molecule has 0 bridgehead atoms. The Balaban J connectivity index is 1.64. The lowest BCUT2D eigenvalue weighted by Crippen LogP contribution is -2.47. The first-order valence-electron chi connectivity index (χ1n) is 8.97. The summed E-state index contributed by atoms with van der Waals surface area (Å²) in [5.74, 6) is 0.926. The van der Waals surface area contributed by atoms with Crippen LogP contribution in [0.1, 0.15) is 66.8 Å². The Bertz CT molecular complexity index is 524. The molecule has 3 nitrogen and oxygen atoms in total. The highest BCUT2D eigenvalue weighted by Crippen LogP contribution is 2.42. The Morgan fingerprint density at radius 3 is 2.45 bits per heavy atom. The van der Waals surface area contributed by atoms with Crippen LogP contribution in [0, 0.1) is 0 Å². The summed E-state index contributed by atoms with van der Waals surface area (Å²) in [5, 5.41) is 3.44. The molecule has 0 spiro atoms. The van der Waals surface area contributed by atoms with Crippen LogP contribution in [0.4, 0.5) is 0 Å². The van der Waals surface area contributed by atoms with Crippen molar-refractivity contribution in [2.75, 3.05) is 13.1 Å². The number of rotatable bonds is 4.